The van der Waals surface area contributed by atoms with Crippen LogP contribution in [0.2, 0.25) is 5.15 Å². The van der Waals surface area contributed by atoms with Crippen molar-refractivity contribution >= 4 is 28.1 Å². The van der Waals surface area contributed by atoms with Crippen LogP contribution in [0.5, 0.6) is 0 Å². The van der Waals surface area contributed by atoms with Crippen LogP contribution >= 0.6 is 22.9 Å². The van der Waals surface area contributed by atoms with Crippen molar-refractivity contribution in [3.05, 3.63) is 28.6 Å². The summed E-state index contributed by atoms with van der Waals surface area (Å²) in [6, 6.07) is 1.21. The van der Waals surface area contributed by atoms with Crippen molar-refractivity contribution in [1.29, 1.82) is 0 Å². The molecule has 106 valence electrons. The van der Waals surface area contributed by atoms with E-state index >= 15 is 0 Å². The molecule has 3 rings (SSSR count). The molecule has 0 aromatic carbocycles. The average Bonchev–Trinajstić information content (AvgIpc) is 2.89. The SMILES string of the molecule is CN1CCN(c2nc(-c3cnc(Cl)cc3F)cs2)CC1. The molecule has 4 nitrogen and oxygen atoms in total. The molecule has 0 radical (unpaired) electrons. The first-order valence-electron chi connectivity index (χ1n) is 6.34. The van der Waals surface area contributed by atoms with Crippen LogP contribution in [0.1, 0.15) is 0 Å². The molecule has 0 aliphatic carbocycles. The number of pyridine rings is 1. The lowest BCUT2D eigenvalue weighted by molar-refractivity contribution is 0.313. The number of hydrogen-bond acceptors (Lipinski definition) is 5. The van der Waals surface area contributed by atoms with Crippen molar-refractivity contribution in [2.24, 2.45) is 0 Å². The van der Waals surface area contributed by atoms with Gasteiger partial charge in [0.1, 0.15) is 11.0 Å². The van der Waals surface area contributed by atoms with E-state index in [0.717, 1.165) is 31.3 Å². The van der Waals surface area contributed by atoms with Crippen LogP contribution in [0.25, 0.3) is 11.3 Å². The Balaban J connectivity index is 1.83. The molecule has 3 heterocycles. The van der Waals surface area contributed by atoms with Crippen LogP contribution in [0.4, 0.5) is 9.52 Å². The van der Waals surface area contributed by atoms with E-state index in [2.05, 4.69) is 26.8 Å². The number of rotatable bonds is 2. The van der Waals surface area contributed by atoms with E-state index in [-0.39, 0.29) is 11.0 Å². The summed E-state index contributed by atoms with van der Waals surface area (Å²) in [5.74, 6) is -0.389. The fourth-order valence-electron chi connectivity index (χ4n) is 2.13. The minimum atomic E-state index is -0.389. The smallest absolute Gasteiger partial charge is 0.185 e. The molecule has 2 aromatic heterocycles. The molecule has 2 aromatic rings. The zero-order valence-corrected chi connectivity index (χ0v) is 12.6. The molecule has 0 unspecified atom stereocenters. The van der Waals surface area contributed by atoms with Crippen LogP contribution in [0, 0.1) is 5.82 Å². The molecule has 1 fully saturated rings. The molecule has 7 heteroatoms. The van der Waals surface area contributed by atoms with Crippen LogP contribution in [-0.4, -0.2) is 48.1 Å². The number of hydrogen-bond donors (Lipinski definition) is 0. The zero-order chi connectivity index (χ0) is 14.1. The molecule has 1 aliphatic rings. The minimum Gasteiger partial charge on any atom is -0.346 e. The van der Waals surface area contributed by atoms with E-state index < -0.39 is 0 Å². The maximum absolute atomic E-state index is 13.9. The lowest BCUT2D eigenvalue weighted by atomic mass is 10.2. The first kappa shape index (κ1) is 13.7. The van der Waals surface area contributed by atoms with Crippen molar-refractivity contribution in [3.8, 4) is 11.3 Å². The first-order chi connectivity index (χ1) is 9.63. The van der Waals surface area contributed by atoms with E-state index in [9.17, 15) is 4.39 Å². The maximum atomic E-state index is 13.9. The van der Waals surface area contributed by atoms with Crippen molar-refractivity contribution in [2.75, 3.05) is 38.1 Å². The van der Waals surface area contributed by atoms with Gasteiger partial charge in [0.2, 0.25) is 0 Å². The number of nitrogens with zero attached hydrogens (tertiary/aromatic N) is 4. The molecule has 0 saturated carbocycles. The Morgan fingerprint density at radius 1 is 1.30 bits per heavy atom. The van der Waals surface area contributed by atoms with Gasteiger partial charge in [0, 0.05) is 43.8 Å². The molecule has 1 aliphatic heterocycles. The third-order valence-electron chi connectivity index (χ3n) is 3.36. The second kappa shape index (κ2) is 5.63. The van der Waals surface area contributed by atoms with Gasteiger partial charge in [0.05, 0.1) is 11.3 Å². The first-order valence-corrected chi connectivity index (χ1v) is 7.59. The second-order valence-electron chi connectivity index (χ2n) is 4.79. The normalized spacial score (nSPS) is 16.6. The van der Waals surface area contributed by atoms with E-state index in [1.54, 1.807) is 0 Å². The summed E-state index contributed by atoms with van der Waals surface area (Å²) in [4.78, 5) is 13.0. The summed E-state index contributed by atoms with van der Waals surface area (Å²) in [6.07, 6.45) is 1.43. The lowest BCUT2D eigenvalue weighted by Gasteiger charge is -2.32. The summed E-state index contributed by atoms with van der Waals surface area (Å²) in [5, 5.41) is 2.95. The van der Waals surface area contributed by atoms with E-state index in [1.807, 2.05) is 5.38 Å². The van der Waals surface area contributed by atoms with Crippen molar-refractivity contribution in [2.45, 2.75) is 0 Å². The van der Waals surface area contributed by atoms with E-state index in [1.165, 1.54) is 23.6 Å². The average molecular weight is 313 g/mol. The van der Waals surface area contributed by atoms with Crippen LogP contribution < -0.4 is 4.90 Å². The molecule has 1 saturated heterocycles. The van der Waals surface area contributed by atoms with Crippen LogP contribution in [0.15, 0.2) is 17.6 Å². The van der Waals surface area contributed by atoms with Crippen molar-refractivity contribution < 1.29 is 4.39 Å². The standard InChI is InChI=1S/C13H14ClFN4S/c1-18-2-4-19(5-3-18)13-17-11(8-20-13)9-7-16-12(14)6-10(9)15/h6-8H,2-5H2,1H3. The summed E-state index contributed by atoms with van der Waals surface area (Å²) in [7, 11) is 2.11. The van der Waals surface area contributed by atoms with Gasteiger partial charge in [0.15, 0.2) is 5.13 Å². The summed E-state index contributed by atoms with van der Waals surface area (Å²) in [6.45, 7) is 3.94. The largest absolute Gasteiger partial charge is 0.346 e. The van der Waals surface area contributed by atoms with Gasteiger partial charge < -0.3 is 9.80 Å². The number of piperazine rings is 1. The van der Waals surface area contributed by atoms with Crippen LogP contribution in [-0.2, 0) is 0 Å². The minimum absolute atomic E-state index is 0.153. The number of halogens is 2. The predicted octanol–water partition coefficient (Wildman–Crippen LogP) is 2.75. The summed E-state index contributed by atoms with van der Waals surface area (Å²) in [5.41, 5.74) is 1.01. The molecular formula is C13H14ClFN4S. The number of anilines is 1. The van der Waals surface area contributed by atoms with Gasteiger partial charge in [-0.05, 0) is 7.05 Å². The lowest BCUT2D eigenvalue weighted by Crippen LogP contribution is -2.44. The Morgan fingerprint density at radius 3 is 2.75 bits per heavy atom. The third-order valence-corrected chi connectivity index (χ3v) is 4.47. The van der Waals surface area contributed by atoms with Crippen molar-refractivity contribution in [1.82, 2.24) is 14.9 Å². The van der Waals surface area contributed by atoms with Gasteiger partial charge in [-0.3, -0.25) is 0 Å². The topological polar surface area (TPSA) is 32.3 Å². The van der Waals surface area contributed by atoms with E-state index in [4.69, 9.17) is 11.6 Å². The fourth-order valence-corrected chi connectivity index (χ4v) is 3.15. The second-order valence-corrected chi connectivity index (χ2v) is 6.02. The Labute approximate surface area is 125 Å². The van der Waals surface area contributed by atoms with Gasteiger partial charge >= 0.3 is 0 Å². The van der Waals surface area contributed by atoms with E-state index in [0.29, 0.717) is 11.3 Å². The highest BCUT2D eigenvalue weighted by molar-refractivity contribution is 7.14. The highest BCUT2D eigenvalue weighted by Gasteiger charge is 2.18. The number of likely N-dealkylation sites (N-methyl/N-ethyl adjacent to an activating group) is 1. The molecule has 20 heavy (non-hydrogen) atoms. The monoisotopic (exact) mass is 312 g/mol. The molecule has 0 atom stereocenters. The molecule has 0 bridgehead atoms. The Kier molecular flexibility index (Phi) is 3.87. The quantitative estimate of drug-likeness (QED) is 0.798. The van der Waals surface area contributed by atoms with Gasteiger partial charge in [-0.15, -0.1) is 11.3 Å². The number of thiazole rings is 1. The number of aromatic nitrogens is 2. The Morgan fingerprint density at radius 2 is 2.05 bits per heavy atom. The van der Waals surface area contributed by atoms with Crippen LogP contribution in [0.3, 0.4) is 0 Å². The molecule has 0 amide bonds. The Bertz CT molecular complexity index is 610. The highest BCUT2D eigenvalue weighted by Crippen LogP contribution is 2.29. The molecule has 0 N–H and O–H groups in total. The molecular weight excluding hydrogens is 299 g/mol. The Hall–Kier alpha value is -1.24. The third kappa shape index (κ3) is 2.77. The van der Waals surface area contributed by atoms with Gasteiger partial charge in [-0.2, -0.15) is 0 Å². The summed E-state index contributed by atoms with van der Waals surface area (Å²) < 4.78 is 13.9. The molecule has 0 spiro atoms. The predicted molar refractivity (Wildman–Crippen MR) is 80.0 cm³/mol. The zero-order valence-electron chi connectivity index (χ0n) is 11.0. The van der Waals surface area contributed by atoms with Gasteiger partial charge in [0.25, 0.3) is 0 Å². The summed E-state index contributed by atoms with van der Waals surface area (Å²) >= 11 is 7.20. The van der Waals surface area contributed by atoms with Crippen molar-refractivity contribution in [3.63, 3.8) is 0 Å². The van der Waals surface area contributed by atoms with Gasteiger partial charge in [-0.25, -0.2) is 14.4 Å². The highest BCUT2D eigenvalue weighted by atomic mass is 35.5. The fraction of sp³-hybridized carbons (Fsp3) is 0.385. The maximum Gasteiger partial charge on any atom is 0.185 e. The van der Waals surface area contributed by atoms with Gasteiger partial charge in [-0.1, -0.05) is 11.6 Å².